The van der Waals surface area contributed by atoms with Crippen LogP contribution < -0.4 is 9.80 Å². The molecule has 0 aliphatic rings. The second-order valence-electron chi connectivity index (χ2n) is 14.4. The van der Waals surface area contributed by atoms with Crippen molar-refractivity contribution in [3.05, 3.63) is 212 Å². The van der Waals surface area contributed by atoms with Gasteiger partial charge in [0, 0.05) is 49.2 Å². The Bertz CT molecular complexity index is 3210. The smallest absolute Gasteiger partial charge is 0.227 e. The summed E-state index contributed by atoms with van der Waals surface area (Å²) in [5.74, 6) is 0.589. The van der Waals surface area contributed by atoms with Gasteiger partial charge >= 0.3 is 0 Å². The lowest BCUT2D eigenvalue weighted by Crippen LogP contribution is -2.11. The van der Waals surface area contributed by atoms with Gasteiger partial charge in [-0.05, 0) is 101 Å². The van der Waals surface area contributed by atoms with Crippen LogP contribution in [0, 0.1) is 0 Å². The molecule has 11 rings (SSSR count). The molecule has 0 spiro atoms. The number of benzene rings is 9. The molecule has 0 fully saturated rings. The van der Waals surface area contributed by atoms with E-state index in [1.54, 1.807) is 0 Å². The van der Waals surface area contributed by atoms with Crippen molar-refractivity contribution in [2.75, 3.05) is 9.80 Å². The largest absolute Gasteiger partial charge is 0.435 e. The molecule has 0 saturated heterocycles. The van der Waals surface area contributed by atoms with Crippen LogP contribution in [0.2, 0.25) is 0 Å². The van der Waals surface area contributed by atoms with Crippen LogP contribution in [0.15, 0.2) is 217 Å². The van der Waals surface area contributed by atoms with Gasteiger partial charge in [-0.1, -0.05) is 127 Å². The first-order valence-corrected chi connectivity index (χ1v) is 20.3. The topological polar surface area (TPSA) is 32.5 Å². The summed E-state index contributed by atoms with van der Waals surface area (Å²) >= 11 is 1.83. The van der Waals surface area contributed by atoms with Gasteiger partial charge in [-0.25, -0.2) is 4.98 Å². The van der Waals surface area contributed by atoms with Gasteiger partial charge < -0.3 is 14.2 Å². The number of thiophene rings is 1. The molecule has 0 atom stereocenters. The van der Waals surface area contributed by atoms with Crippen LogP contribution in [-0.2, 0) is 0 Å². The number of anilines is 6. The molecular formula is C53H35N3OS. The predicted octanol–water partition coefficient (Wildman–Crippen LogP) is 15.6. The Morgan fingerprint density at radius 3 is 1.69 bits per heavy atom. The first-order chi connectivity index (χ1) is 28.8. The third-order valence-corrected chi connectivity index (χ3v) is 12.1. The summed E-state index contributed by atoms with van der Waals surface area (Å²) in [6.45, 7) is 0. The van der Waals surface area contributed by atoms with E-state index in [2.05, 4.69) is 204 Å². The van der Waals surface area contributed by atoms with Crippen LogP contribution >= 0.6 is 11.3 Å². The van der Waals surface area contributed by atoms with E-state index in [9.17, 15) is 0 Å². The zero-order valence-corrected chi connectivity index (χ0v) is 32.2. The molecule has 0 aliphatic heterocycles. The van der Waals surface area contributed by atoms with Crippen molar-refractivity contribution in [3.63, 3.8) is 0 Å². The Labute approximate surface area is 340 Å². The van der Waals surface area contributed by atoms with Crippen molar-refractivity contribution >= 4 is 87.5 Å². The van der Waals surface area contributed by atoms with Crippen molar-refractivity contribution < 1.29 is 4.42 Å². The second kappa shape index (κ2) is 14.2. The first-order valence-electron chi connectivity index (χ1n) is 19.5. The minimum absolute atomic E-state index is 0.589. The third kappa shape index (κ3) is 5.88. The van der Waals surface area contributed by atoms with Gasteiger partial charge in [-0.2, -0.15) is 0 Å². The Morgan fingerprint density at radius 1 is 0.397 bits per heavy atom. The monoisotopic (exact) mass is 761 g/mol. The van der Waals surface area contributed by atoms with Gasteiger partial charge in [0.1, 0.15) is 5.52 Å². The van der Waals surface area contributed by atoms with Crippen molar-refractivity contribution in [1.82, 2.24) is 4.98 Å². The molecule has 58 heavy (non-hydrogen) atoms. The van der Waals surface area contributed by atoms with E-state index in [-0.39, 0.29) is 0 Å². The Hall–Kier alpha value is -7.47. The molecule has 4 nitrogen and oxygen atoms in total. The van der Waals surface area contributed by atoms with Gasteiger partial charge in [-0.3, -0.25) is 0 Å². The van der Waals surface area contributed by atoms with Crippen molar-refractivity contribution in [2.45, 2.75) is 0 Å². The fraction of sp³-hybridized carbons (Fsp3) is 0. The van der Waals surface area contributed by atoms with E-state index >= 15 is 0 Å². The fourth-order valence-electron chi connectivity index (χ4n) is 8.13. The highest BCUT2D eigenvalue weighted by molar-refractivity contribution is 7.26. The highest BCUT2D eigenvalue weighted by Gasteiger charge is 2.25. The number of nitrogens with zero attached hydrogens (tertiary/aromatic N) is 3. The summed E-state index contributed by atoms with van der Waals surface area (Å²) < 4.78 is 9.32. The number of aromatic nitrogens is 1. The predicted molar refractivity (Wildman–Crippen MR) is 245 cm³/mol. The number of hydrogen-bond donors (Lipinski definition) is 0. The maximum absolute atomic E-state index is 6.84. The second-order valence-corrected chi connectivity index (χ2v) is 15.4. The summed E-state index contributed by atoms with van der Waals surface area (Å²) in [5, 5.41) is 4.54. The quantitative estimate of drug-likeness (QED) is 0.154. The number of oxazole rings is 1. The molecule has 0 amide bonds. The van der Waals surface area contributed by atoms with Crippen molar-refractivity contribution in [3.8, 4) is 22.6 Å². The van der Waals surface area contributed by atoms with Crippen LogP contribution in [0.4, 0.5) is 34.1 Å². The lowest BCUT2D eigenvalue weighted by atomic mass is 10.0. The van der Waals surface area contributed by atoms with Crippen LogP contribution in [-0.4, -0.2) is 4.98 Å². The Morgan fingerprint density at radius 2 is 0.966 bits per heavy atom. The molecule has 9 aromatic carbocycles. The highest BCUT2D eigenvalue weighted by Crippen LogP contribution is 2.48. The van der Waals surface area contributed by atoms with Gasteiger partial charge in [0.15, 0.2) is 5.58 Å². The molecule has 0 N–H and O–H groups in total. The maximum atomic E-state index is 6.84. The molecule has 0 unspecified atom stereocenters. The Kier molecular flexibility index (Phi) is 8.30. The highest BCUT2D eigenvalue weighted by atomic mass is 32.1. The number of hydrogen-bond acceptors (Lipinski definition) is 5. The van der Waals surface area contributed by atoms with E-state index in [1.807, 2.05) is 29.5 Å². The van der Waals surface area contributed by atoms with E-state index in [0.29, 0.717) is 5.89 Å². The maximum Gasteiger partial charge on any atom is 0.227 e. The lowest BCUT2D eigenvalue weighted by Gasteiger charge is -2.27. The third-order valence-electron chi connectivity index (χ3n) is 10.8. The summed E-state index contributed by atoms with van der Waals surface area (Å²) in [5.41, 5.74) is 11.1. The molecule has 2 heterocycles. The number of fused-ring (bicyclic) bond motifs is 6. The number of rotatable bonds is 8. The lowest BCUT2D eigenvalue weighted by molar-refractivity contribution is 0.623. The first kappa shape index (κ1) is 33.8. The minimum Gasteiger partial charge on any atom is -0.435 e. The molecule has 274 valence electrons. The summed E-state index contributed by atoms with van der Waals surface area (Å²) in [6.07, 6.45) is 0. The molecule has 11 aromatic rings. The van der Waals surface area contributed by atoms with Crippen LogP contribution in [0.1, 0.15) is 0 Å². The summed E-state index contributed by atoms with van der Waals surface area (Å²) in [6, 6.07) is 75.0. The van der Waals surface area contributed by atoms with Gasteiger partial charge in [0.25, 0.3) is 0 Å². The van der Waals surface area contributed by atoms with Gasteiger partial charge in [0.2, 0.25) is 5.89 Å². The SMILES string of the molecule is c1ccc(-c2ccc(N(c3ccccc3)c3ccc4c(c3)cc(N(c3ccccc3)c3cccc5c3sc3ccccc35)c3nc(-c5ccccc5)oc34)cc2)cc1. The zero-order valence-electron chi connectivity index (χ0n) is 31.4. The molecule has 0 radical (unpaired) electrons. The van der Waals surface area contributed by atoms with Crippen LogP contribution in [0.3, 0.4) is 0 Å². The average molecular weight is 762 g/mol. The average Bonchev–Trinajstić information content (AvgIpc) is 3.92. The van der Waals surface area contributed by atoms with Crippen LogP contribution in [0.5, 0.6) is 0 Å². The van der Waals surface area contributed by atoms with Crippen molar-refractivity contribution in [1.29, 1.82) is 0 Å². The molecule has 0 bridgehead atoms. The molecular weight excluding hydrogens is 727 g/mol. The van der Waals surface area contributed by atoms with Crippen molar-refractivity contribution in [2.24, 2.45) is 0 Å². The normalized spacial score (nSPS) is 11.4. The zero-order chi connectivity index (χ0) is 38.4. The van der Waals surface area contributed by atoms with Gasteiger partial charge in [0.05, 0.1) is 16.1 Å². The van der Waals surface area contributed by atoms with E-state index in [4.69, 9.17) is 9.40 Å². The van der Waals surface area contributed by atoms with Crippen LogP contribution in [0.25, 0.3) is 64.6 Å². The standard InChI is InChI=1S/C53H35N3OS/c1-5-16-36(17-6-1)37-28-30-42(31-29-37)55(40-20-9-3-10-21-40)43-32-33-44-39(34-43)35-48(50-51(44)57-53(54-50)38-18-7-2-8-19-38)56(41-22-11-4-12-23-41)47-26-15-25-46-45-24-13-14-27-49(45)58-52(46)47/h1-35H. The molecule has 0 saturated carbocycles. The Balaban J connectivity index is 1.16. The summed E-state index contributed by atoms with van der Waals surface area (Å²) in [7, 11) is 0. The van der Waals surface area contributed by atoms with E-state index in [0.717, 1.165) is 61.6 Å². The summed E-state index contributed by atoms with van der Waals surface area (Å²) in [4.78, 5) is 9.98. The van der Waals surface area contributed by atoms with E-state index in [1.165, 1.54) is 31.3 Å². The van der Waals surface area contributed by atoms with E-state index < -0.39 is 0 Å². The molecule has 0 aliphatic carbocycles. The van der Waals surface area contributed by atoms with Gasteiger partial charge in [-0.15, -0.1) is 11.3 Å². The fourth-order valence-corrected chi connectivity index (χ4v) is 9.34. The number of para-hydroxylation sites is 2. The molecule has 5 heteroatoms. The molecule has 2 aromatic heterocycles. The minimum atomic E-state index is 0.589.